The Morgan fingerprint density at radius 2 is 1.53 bits per heavy atom. The monoisotopic (exact) mass is 884 g/mol. The van der Waals surface area contributed by atoms with E-state index in [1.165, 1.54) is 91.0 Å². The molecule has 4 aromatic rings. The molecule has 277 valence electrons. The predicted molar refractivity (Wildman–Crippen MR) is 212 cm³/mol. The van der Waals surface area contributed by atoms with Gasteiger partial charge in [-0.05, 0) is 99.2 Å². The van der Waals surface area contributed by atoms with E-state index < -0.39 is 0 Å². The third kappa shape index (κ3) is 9.86. The van der Waals surface area contributed by atoms with Crippen LogP contribution in [0, 0.1) is 44.1 Å². The summed E-state index contributed by atoms with van der Waals surface area (Å²) in [5.41, 5.74) is 10.3. The van der Waals surface area contributed by atoms with Crippen molar-refractivity contribution < 1.29 is 30.0 Å². The Bertz CT molecular complexity index is 1730. The Morgan fingerprint density at radius 1 is 0.902 bits per heavy atom. The minimum Gasteiger partial charge on any atom is -0.512 e. The van der Waals surface area contributed by atoms with Crippen molar-refractivity contribution in [3.63, 3.8) is 0 Å². The molecule has 2 aromatic heterocycles. The van der Waals surface area contributed by atoms with Gasteiger partial charge in [-0.3, -0.25) is 9.78 Å². The first kappa shape index (κ1) is 41.1. The van der Waals surface area contributed by atoms with Gasteiger partial charge in [0.15, 0.2) is 5.78 Å². The molecule has 1 spiro atoms. The van der Waals surface area contributed by atoms with Gasteiger partial charge in [0.05, 0.1) is 11.3 Å². The van der Waals surface area contributed by atoms with E-state index in [1.54, 1.807) is 6.33 Å². The van der Waals surface area contributed by atoms with E-state index in [1.807, 2.05) is 39.0 Å². The molecule has 6 rings (SSSR count). The Labute approximate surface area is 325 Å². The van der Waals surface area contributed by atoms with Gasteiger partial charge in [0, 0.05) is 53.3 Å². The van der Waals surface area contributed by atoms with Crippen LogP contribution in [0.3, 0.4) is 0 Å². The number of rotatable bonds is 10. The number of aryl methyl sites for hydroxylation is 3. The third-order valence-corrected chi connectivity index (χ3v) is 13.1. The van der Waals surface area contributed by atoms with Gasteiger partial charge in [-0.25, -0.2) is 4.98 Å². The largest absolute Gasteiger partial charge is 0.512 e. The summed E-state index contributed by atoms with van der Waals surface area (Å²) < 4.78 is 1.16. The number of hydrogen-bond acceptors (Lipinski definition) is 5. The summed E-state index contributed by atoms with van der Waals surface area (Å²) in [7, 11) is 0. The van der Waals surface area contributed by atoms with Gasteiger partial charge in [0.2, 0.25) is 0 Å². The van der Waals surface area contributed by atoms with Crippen molar-refractivity contribution in [1.82, 2.24) is 9.97 Å². The number of benzene rings is 2. The van der Waals surface area contributed by atoms with E-state index >= 15 is 0 Å². The van der Waals surface area contributed by atoms with E-state index in [-0.39, 0.29) is 43.5 Å². The van der Waals surface area contributed by atoms with Crippen LogP contribution in [0.1, 0.15) is 139 Å². The second kappa shape index (κ2) is 18.9. The maximum atomic E-state index is 11.7. The molecule has 0 aliphatic heterocycles. The van der Waals surface area contributed by atoms with Crippen LogP contribution in [0.5, 0.6) is 0 Å². The number of carbonyl (C=O) groups excluding carboxylic acids is 1. The molecule has 0 saturated heterocycles. The second-order valence-electron chi connectivity index (χ2n) is 15.2. The first-order valence-electron chi connectivity index (χ1n) is 19.4. The number of thiophene rings is 1. The van der Waals surface area contributed by atoms with Crippen LogP contribution in [0.15, 0.2) is 54.6 Å². The van der Waals surface area contributed by atoms with Gasteiger partial charge < -0.3 is 5.11 Å². The Kier molecular flexibility index (Phi) is 15.2. The van der Waals surface area contributed by atoms with Crippen LogP contribution >= 0.6 is 11.3 Å². The van der Waals surface area contributed by atoms with Crippen molar-refractivity contribution in [1.29, 1.82) is 0 Å². The van der Waals surface area contributed by atoms with Crippen molar-refractivity contribution >= 4 is 27.3 Å². The smallest absolute Gasteiger partial charge is 0.162 e. The van der Waals surface area contributed by atoms with Crippen molar-refractivity contribution in [3.05, 3.63) is 82.9 Å². The number of aliphatic hydroxyl groups is 1. The van der Waals surface area contributed by atoms with Crippen molar-refractivity contribution in [2.75, 3.05) is 0 Å². The molecule has 0 atom stereocenters. The summed E-state index contributed by atoms with van der Waals surface area (Å²) in [6.07, 6.45) is 19.6. The fraction of sp³-hybridized carbons (Fsp3) is 0.533. The molecule has 4 nitrogen and oxygen atoms in total. The van der Waals surface area contributed by atoms with E-state index in [4.69, 9.17) is 0 Å². The number of fused-ring (bicyclic) bond motifs is 1. The second-order valence-corrected chi connectivity index (χ2v) is 16.2. The molecule has 1 radical (unpaired) electrons. The van der Waals surface area contributed by atoms with Gasteiger partial charge >= 0.3 is 0 Å². The molecule has 2 aliphatic rings. The Balaban J connectivity index is 0.000000312. The van der Waals surface area contributed by atoms with Crippen LogP contribution in [-0.2, 0) is 24.9 Å². The fourth-order valence-electron chi connectivity index (χ4n) is 8.57. The summed E-state index contributed by atoms with van der Waals surface area (Å²) in [5.74, 6) is 1.28. The number of allylic oxidation sites excluding steroid dienone is 2. The van der Waals surface area contributed by atoms with E-state index in [9.17, 15) is 9.90 Å². The fourth-order valence-corrected chi connectivity index (χ4v) is 9.83. The summed E-state index contributed by atoms with van der Waals surface area (Å²) in [4.78, 5) is 22.4. The van der Waals surface area contributed by atoms with Crippen molar-refractivity contribution in [3.8, 4) is 21.7 Å². The molecule has 2 aromatic carbocycles. The summed E-state index contributed by atoms with van der Waals surface area (Å²) >= 11 is 1.82. The Hall–Kier alpha value is -2.66. The molecule has 2 fully saturated rings. The maximum absolute atomic E-state index is 11.7. The number of nitrogens with zero attached hydrogens (tertiary/aromatic N) is 2. The molecule has 2 aliphatic carbocycles. The molecule has 0 unspecified atom stereocenters. The first-order chi connectivity index (χ1) is 24.1. The molecule has 2 saturated carbocycles. The van der Waals surface area contributed by atoms with Crippen LogP contribution in [-0.4, -0.2) is 20.9 Å². The molecular formula is C45H59IrN2O2S-. The average molecular weight is 884 g/mol. The standard InChI is InChI=1S/C32H35N2S.C13H24O2.Ir/c1-21-17-22(2)19-27(18-21)29-31-28(33-20-34-29)23(3)30(35-31)26-9-7-24(8-10-26)25-11-15-32(16-12-25)13-5-4-6-14-32;1-5-10(6-2)12(14)9-13(15)11(7-3)8-4;/h7-10,17-18,20,25H,4-6,11-16H2,1-3H3;9-11,14H,5-8H2,1-4H3;/q-1;;/b;12-9-;. The topological polar surface area (TPSA) is 63.1 Å². The van der Waals surface area contributed by atoms with Crippen LogP contribution in [0.25, 0.3) is 31.9 Å². The summed E-state index contributed by atoms with van der Waals surface area (Å²) in [5, 5.41) is 9.76. The maximum Gasteiger partial charge on any atom is 0.162 e. The van der Waals surface area contributed by atoms with Gasteiger partial charge in [-0.15, -0.1) is 46.2 Å². The first-order valence-corrected chi connectivity index (χ1v) is 20.2. The van der Waals surface area contributed by atoms with E-state index in [0.29, 0.717) is 5.41 Å². The van der Waals surface area contributed by atoms with Gasteiger partial charge in [-0.2, -0.15) is 0 Å². The minimum absolute atomic E-state index is 0. The van der Waals surface area contributed by atoms with Crippen LogP contribution in [0.4, 0.5) is 0 Å². The molecule has 2 heterocycles. The Morgan fingerprint density at radius 3 is 2.12 bits per heavy atom. The molecule has 51 heavy (non-hydrogen) atoms. The molecule has 6 heteroatoms. The van der Waals surface area contributed by atoms with Crippen LogP contribution < -0.4 is 0 Å². The van der Waals surface area contributed by atoms with Gasteiger partial charge in [0.1, 0.15) is 6.33 Å². The number of aliphatic hydroxyl groups excluding tert-OH is 1. The summed E-state index contributed by atoms with van der Waals surface area (Å²) in [6, 6.07) is 17.3. The molecule has 1 N–H and O–H groups in total. The molecular weight excluding hydrogens is 825 g/mol. The minimum atomic E-state index is 0. The van der Waals surface area contributed by atoms with Crippen molar-refractivity contribution in [2.45, 2.75) is 138 Å². The zero-order valence-electron chi connectivity index (χ0n) is 32.0. The molecule has 0 amide bonds. The number of carbonyl (C=O) groups is 1. The number of ketones is 1. The van der Waals surface area contributed by atoms with Gasteiger partial charge in [-0.1, -0.05) is 85.1 Å². The SMILES string of the molecule is CCC(CC)C(=O)/C=C(\O)C(CC)CC.Cc1[c-]c(-c2ncnc3c(C)c(-c4ccc(C5CCC6(CCCCC6)CC5)cc4)sc23)cc(C)c1.[Ir]. The summed E-state index contributed by atoms with van der Waals surface area (Å²) in [6.45, 7) is 14.5. The number of hydrogen-bond donors (Lipinski definition) is 1. The average Bonchev–Trinajstić information content (AvgIpc) is 3.46. The van der Waals surface area contributed by atoms with Crippen molar-refractivity contribution in [2.24, 2.45) is 17.3 Å². The van der Waals surface area contributed by atoms with Crippen LogP contribution in [0.2, 0.25) is 0 Å². The number of aromatic nitrogens is 2. The quantitative estimate of drug-likeness (QED) is 0.0979. The normalized spacial score (nSPS) is 16.3. The zero-order chi connectivity index (χ0) is 35.8. The molecule has 0 bridgehead atoms. The van der Waals surface area contributed by atoms with E-state index in [0.717, 1.165) is 58.6 Å². The predicted octanol–water partition coefficient (Wildman–Crippen LogP) is 13.2. The zero-order valence-corrected chi connectivity index (χ0v) is 35.2. The van der Waals surface area contributed by atoms with E-state index in [2.05, 4.69) is 73.2 Å². The third-order valence-electron chi connectivity index (χ3n) is 11.8. The van der Waals surface area contributed by atoms with Gasteiger partial charge in [0.25, 0.3) is 0 Å².